The van der Waals surface area contributed by atoms with Crippen LogP contribution in [-0.4, -0.2) is 22.8 Å². The summed E-state index contributed by atoms with van der Waals surface area (Å²) in [7, 11) is 0. The van der Waals surface area contributed by atoms with Gasteiger partial charge in [-0.1, -0.05) is 154 Å². The molecule has 19 rings (SSSR count). The van der Waals surface area contributed by atoms with Crippen LogP contribution in [0.1, 0.15) is 48.6 Å². The Labute approximate surface area is 548 Å². The molecule has 0 atom stereocenters. The van der Waals surface area contributed by atoms with Crippen LogP contribution in [0, 0.1) is 45.3 Å². The van der Waals surface area contributed by atoms with Gasteiger partial charge in [-0.3, -0.25) is 0 Å². The van der Waals surface area contributed by atoms with Gasteiger partial charge in [0.25, 0.3) is 0 Å². The number of nitrogens with zero attached hydrogens (tertiary/aromatic N) is 9. The third-order valence-corrected chi connectivity index (χ3v) is 19.9. The molecule has 0 spiro atoms. The molecule has 0 radical (unpaired) electrons. The Morgan fingerprint density at radius 1 is 0.302 bits per heavy atom. The van der Waals surface area contributed by atoms with Crippen molar-refractivity contribution >= 4 is 131 Å². The lowest BCUT2D eigenvalue weighted by Crippen LogP contribution is -2.10. The van der Waals surface area contributed by atoms with Crippen LogP contribution in [0.2, 0.25) is 0 Å². The molecule has 19 aromatic rings. The van der Waals surface area contributed by atoms with Gasteiger partial charge in [0, 0.05) is 64.9 Å². The lowest BCUT2D eigenvalue weighted by molar-refractivity contribution is 0.591. The lowest BCUT2D eigenvalue weighted by Gasteiger charge is -2.19. The highest BCUT2D eigenvalue weighted by Crippen LogP contribution is 2.49. The van der Waals surface area contributed by atoms with Crippen LogP contribution in [0.25, 0.3) is 171 Å². The maximum atomic E-state index is 11.9. The molecule has 6 aromatic heterocycles. The molecule has 13 aromatic carbocycles. The predicted molar refractivity (Wildman–Crippen MR) is 388 cm³/mol. The topological polar surface area (TPSA) is 133 Å². The van der Waals surface area contributed by atoms with Crippen molar-refractivity contribution in [3.8, 4) is 63.8 Å². The van der Waals surface area contributed by atoms with Crippen molar-refractivity contribution in [1.82, 2.24) is 22.8 Å². The largest absolute Gasteiger partial charge is 0.455 e. The van der Waals surface area contributed by atoms with Gasteiger partial charge in [-0.15, -0.1) is 0 Å². The van der Waals surface area contributed by atoms with E-state index in [1.165, 1.54) is 0 Å². The number of para-hydroxylation sites is 6. The van der Waals surface area contributed by atoms with E-state index in [1.54, 1.807) is 0 Å². The summed E-state index contributed by atoms with van der Waals surface area (Å²) in [5.41, 5.74) is 18.6. The van der Waals surface area contributed by atoms with Gasteiger partial charge in [0.1, 0.15) is 34.4 Å². The zero-order chi connectivity index (χ0) is 64.4. The molecule has 0 bridgehead atoms. The van der Waals surface area contributed by atoms with Gasteiger partial charge < -0.3 is 27.3 Å². The Morgan fingerprint density at radius 3 is 1.30 bits per heavy atom. The molecule has 6 heterocycles. The summed E-state index contributed by atoms with van der Waals surface area (Å²) in [6.45, 7) is 6.64. The second-order valence-corrected chi connectivity index (χ2v) is 26.0. The second-order valence-electron chi connectivity index (χ2n) is 26.0. The van der Waals surface area contributed by atoms with Gasteiger partial charge in [-0.2, -0.15) is 21.0 Å². The zero-order valence-electron chi connectivity index (χ0n) is 52.2. The summed E-state index contributed by atoms with van der Waals surface area (Å²) >= 11 is 0. The normalized spacial score (nSPS) is 12.1. The van der Waals surface area contributed by atoms with E-state index in [1.807, 2.05) is 78.9 Å². The maximum absolute atomic E-state index is 11.9. The van der Waals surface area contributed by atoms with Crippen LogP contribution in [0.3, 0.4) is 0 Å². The number of fused-ring (bicyclic) bond motifs is 20. The van der Waals surface area contributed by atoms with Crippen LogP contribution in [-0.2, 0) is 5.41 Å². The van der Waals surface area contributed by atoms with E-state index in [2.05, 4.69) is 244 Å². The second kappa shape index (κ2) is 20.1. The quantitative estimate of drug-likeness (QED) is 0.163. The number of furan rings is 1. The molecule has 10 nitrogen and oxygen atoms in total. The monoisotopic (exact) mass is 1230 g/mol. The van der Waals surface area contributed by atoms with Crippen LogP contribution in [0.15, 0.2) is 259 Å². The Bertz CT molecular complexity index is 6810. The van der Waals surface area contributed by atoms with Gasteiger partial charge in [0.15, 0.2) is 0 Å². The van der Waals surface area contributed by atoms with E-state index in [0.29, 0.717) is 45.0 Å². The summed E-state index contributed by atoms with van der Waals surface area (Å²) < 4.78 is 17.7. The first-order valence-corrected chi connectivity index (χ1v) is 32.1. The number of benzene rings is 13. The molecule has 0 unspecified atom stereocenters. The van der Waals surface area contributed by atoms with E-state index in [0.717, 1.165) is 153 Å². The first kappa shape index (κ1) is 54.4. The van der Waals surface area contributed by atoms with E-state index in [4.69, 9.17) is 4.42 Å². The van der Waals surface area contributed by atoms with E-state index in [9.17, 15) is 21.0 Å². The van der Waals surface area contributed by atoms with Crippen LogP contribution >= 0.6 is 0 Å². The predicted octanol–water partition coefficient (Wildman–Crippen LogP) is 21.5. The number of nitriles is 4. The average molecular weight is 1230 g/mol. The third-order valence-electron chi connectivity index (χ3n) is 19.9. The maximum Gasteiger partial charge on any atom is 0.145 e. The number of aromatic nitrogens is 5. The van der Waals surface area contributed by atoms with Crippen LogP contribution in [0.5, 0.6) is 0 Å². The first-order chi connectivity index (χ1) is 47.1. The molecule has 0 aliphatic heterocycles. The molecule has 0 saturated heterocycles. The summed E-state index contributed by atoms with van der Waals surface area (Å²) in [5, 5.41) is 57.9. The standard InChI is InChI=1S/C86H51N9O/c1-86(2,3)53-33-36-71-63(45-53)84-75(37-34-59-58-22-11-16-31-80(58)96-85(59)84)95(71)79-43-51(47-88)41-77(65(79)49-90)93-69-29-15-9-23-60(69)81-55(25-17-30-72(81)93)52-32-35-70-62(44-52)83-74(39-38-73-82(83)61-24-10-14-28-68(61)91(73)54-18-5-4-6-19-54)94(70)78-42-50(46-87)40-76(64(78)48-89)92-66-26-12-7-20-56(66)57-21-8-13-27-67(57)92/h4-45H,1-3H3. The summed E-state index contributed by atoms with van der Waals surface area (Å²) in [4.78, 5) is 0. The molecule has 0 saturated carbocycles. The van der Waals surface area contributed by atoms with Crippen LogP contribution < -0.4 is 0 Å². The average Bonchev–Trinajstić information content (AvgIpc) is 1.55. The highest BCUT2D eigenvalue weighted by Gasteiger charge is 2.29. The molecule has 0 fully saturated rings. The summed E-state index contributed by atoms with van der Waals surface area (Å²) in [6, 6.07) is 97.9. The molecule has 0 amide bonds. The highest BCUT2D eigenvalue weighted by atomic mass is 16.3. The van der Waals surface area contributed by atoms with E-state index in [-0.39, 0.29) is 5.41 Å². The fourth-order valence-electron chi connectivity index (χ4n) is 15.9. The summed E-state index contributed by atoms with van der Waals surface area (Å²) in [6.07, 6.45) is 0. The van der Waals surface area contributed by atoms with Gasteiger partial charge >= 0.3 is 0 Å². The molecular weight excluding hydrogens is 1180 g/mol. The number of hydrogen-bond acceptors (Lipinski definition) is 5. The molecule has 0 aliphatic rings. The van der Waals surface area contributed by atoms with Crippen molar-refractivity contribution in [2.75, 3.05) is 0 Å². The van der Waals surface area contributed by atoms with E-state index < -0.39 is 0 Å². The molecule has 0 N–H and O–H groups in total. The van der Waals surface area contributed by atoms with Gasteiger partial charge in [0.05, 0.1) is 107 Å². The molecule has 0 aliphatic carbocycles. The van der Waals surface area contributed by atoms with Gasteiger partial charge in [0.2, 0.25) is 0 Å². The fraction of sp³-hybridized carbons (Fsp3) is 0.0465. The van der Waals surface area contributed by atoms with Crippen molar-refractivity contribution in [3.63, 3.8) is 0 Å². The Morgan fingerprint density at radius 2 is 0.719 bits per heavy atom. The first-order valence-electron chi connectivity index (χ1n) is 32.1. The summed E-state index contributed by atoms with van der Waals surface area (Å²) in [5.74, 6) is 0. The lowest BCUT2D eigenvalue weighted by atomic mass is 9.86. The number of hydrogen-bond donors (Lipinski definition) is 0. The van der Waals surface area contributed by atoms with E-state index >= 15 is 0 Å². The minimum atomic E-state index is -0.166. The Kier molecular flexibility index (Phi) is 11.4. The van der Waals surface area contributed by atoms with Crippen molar-refractivity contribution in [3.05, 3.63) is 283 Å². The molecule has 10 heteroatoms. The van der Waals surface area contributed by atoms with Gasteiger partial charge in [-0.25, -0.2) is 0 Å². The van der Waals surface area contributed by atoms with Crippen molar-refractivity contribution in [2.45, 2.75) is 26.2 Å². The highest BCUT2D eigenvalue weighted by molar-refractivity contribution is 6.30. The Balaban J connectivity index is 0.882. The molecule has 446 valence electrons. The molecular formula is C86H51N9O. The fourth-order valence-corrected chi connectivity index (χ4v) is 15.9. The smallest absolute Gasteiger partial charge is 0.145 e. The van der Waals surface area contributed by atoms with Gasteiger partial charge in [-0.05, 0) is 143 Å². The molecule has 96 heavy (non-hydrogen) atoms. The minimum absolute atomic E-state index is 0.166. The van der Waals surface area contributed by atoms with Crippen molar-refractivity contribution < 1.29 is 4.42 Å². The zero-order valence-corrected chi connectivity index (χ0v) is 52.2. The SMILES string of the molecule is CC(C)(C)c1ccc2c(c1)c1c3oc4ccccc4c3ccc1n2-c1cc(C#N)cc(-n2c3ccccc3c3c(-c4ccc5c(c4)c4c6c7ccccc7n(-c7ccccc7)c6ccc4n5-c4cc(C#N)cc(-n5c6ccccc6c6ccccc65)c4C#N)cccc32)c1C#N. The minimum Gasteiger partial charge on any atom is -0.455 e. The number of rotatable bonds is 6. The van der Waals surface area contributed by atoms with Crippen LogP contribution in [0.4, 0.5) is 0 Å². The van der Waals surface area contributed by atoms with Crippen molar-refractivity contribution in [2.24, 2.45) is 0 Å². The van der Waals surface area contributed by atoms with Crippen molar-refractivity contribution in [1.29, 1.82) is 21.0 Å². The third kappa shape index (κ3) is 7.47. The Hall–Kier alpha value is -13.4.